The second-order valence-electron chi connectivity index (χ2n) is 6.54. The summed E-state index contributed by atoms with van der Waals surface area (Å²) in [5.74, 6) is 2.51. The quantitative estimate of drug-likeness (QED) is 0.556. The molecule has 0 saturated heterocycles. The van der Waals surface area contributed by atoms with Crippen molar-refractivity contribution in [2.45, 2.75) is 33.0 Å². The van der Waals surface area contributed by atoms with Crippen molar-refractivity contribution in [1.29, 1.82) is 0 Å². The second-order valence-corrected chi connectivity index (χ2v) is 7.49. The minimum Gasteiger partial charge on any atom is -0.497 e. The summed E-state index contributed by atoms with van der Waals surface area (Å²) in [7, 11) is 3.35. The molecule has 6 heteroatoms. The fraction of sp³-hybridized carbons (Fsp3) is 0.318. The third kappa shape index (κ3) is 5.24. The minimum atomic E-state index is 0.0963. The van der Waals surface area contributed by atoms with Crippen molar-refractivity contribution in [3.8, 4) is 17.2 Å². The first-order chi connectivity index (χ1) is 13.6. The lowest BCUT2D eigenvalue weighted by Crippen LogP contribution is -2.19. The topological polar surface area (TPSA) is 52.6 Å². The zero-order valence-electron chi connectivity index (χ0n) is 16.7. The highest BCUT2D eigenvalue weighted by Crippen LogP contribution is 2.29. The number of hydrogen-bond donors (Lipinski definition) is 1. The molecular weight excluding hydrogens is 372 g/mol. The van der Waals surface area contributed by atoms with Gasteiger partial charge in [0.1, 0.15) is 28.9 Å². The first-order valence-corrected chi connectivity index (χ1v) is 10.0. The van der Waals surface area contributed by atoms with Gasteiger partial charge in [-0.15, -0.1) is 11.3 Å². The average Bonchev–Trinajstić information content (AvgIpc) is 3.19. The van der Waals surface area contributed by atoms with Gasteiger partial charge in [0.15, 0.2) is 0 Å². The molecule has 28 heavy (non-hydrogen) atoms. The van der Waals surface area contributed by atoms with E-state index in [4.69, 9.17) is 14.2 Å². The average molecular weight is 399 g/mol. The van der Waals surface area contributed by atoms with Crippen molar-refractivity contribution in [2.24, 2.45) is 0 Å². The first-order valence-electron chi connectivity index (χ1n) is 9.17. The van der Waals surface area contributed by atoms with E-state index in [0.29, 0.717) is 13.2 Å². The Labute approximate surface area is 170 Å². The van der Waals surface area contributed by atoms with Crippen LogP contribution in [0.15, 0.2) is 47.8 Å². The van der Waals surface area contributed by atoms with Crippen LogP contribution in [0, 0.1) is 6.92 Å². The van der Waals surface area contributed by atoms with Crippen molar-refractivity contribution in [3.05, 3.63) is 69.7 Å². The molecule has 0 aliphatic rings. The van der Waals surface area contributed by atoms with Crippen LogP contribution in [-0.2, 0) is 13.2 Å². The summed E-state index contributed by atoms with van der Waals surface area (Å²) < 4.78 is 16.6. The minimum absolute atomic E-state index is 0.0963. The van der Waals surface area contributed by atoms with E-state index in [-0.39, 0.29) is 6.04 Å². The lowest BCUT2D eigenvalue weighted by molar-refractivity contribution is 0.305. The summed E-state index contributed by atoms with van der Waals surface area (Å²) in [5, 5.41) is 6.53. The Bertz CT molecular complexity index is 893. The van der Waals surface area contributed by atoms with Gasteiger partial charge in [0.2, 0.25) is 0 Å². The van der Waals surface area contributed by atoms with Gasteiger partial charge < -0.3 is 19.5 Å². The molecule has 3 aromatic rings. The monoisotopic (exact) mass is 398 g/mol. The van der Waals surface area contributed by atoms with E-state index in [1.165, 1.54) is 5.56 Å². The number of aromatic nitrogens is 1. The molecule has 3 rings (SSSR count). The van der Waals surface area contributed by atoms with E-state index < -0.39 is 0 Å². The van der Waals surface area contributed by atoms with Gasteiger partial charge >= 0.3 is 0 Å². The molecular formula is C22H26N2O3S. The molecule has 1 atom stereocenters. The predicted octanol–water partition coefficient (Wildman–Crippen LogP) is 4.90. The van der Waals surface area contributed by atoms with Crippen molar-refractivity contribution in [3.63, 3.8) is 0 Å². The van der Waals surface area contributed by atoms with Gasteiger partial charge in [0.25, 0.3) is 0 Å². The van der Waals surface area contributed by atoms with E-state index in [1.807, 2.05) is 42.5 Å². The van der Waals surface area contributed by atoms with Crippen LogP contribution in [0.5, 0.6) is 17.2 Å². The maximum absolute atomic E-state index is 5.81. The van der Waals surface area contributed by atoms with E-state index >= 15 is 0 Å². The van der Waals surface area contributed by atoms with E-state index in [1.54, 1.807) is 25.6 Å². The lowest BCUT2D eigenvalue weighted by atomic mass is 10.1. The van der Waals surface area contributed by atoms with Crippen molar-refractivity contribution < 1.29 is 14.2 Å². The van der Waals surface area contributed by atoms with Gasteiger partial charge in [0, 0.05) is 23.5 Å². The number of methoxy groups -OCH3 is 2. The van der Waals surface area contributed by atoms with E-state index in [9.17, 15) is 0 Å². The SMILES string of the molecule is COc1ccc(OC)c(C(C)NCc2csc(COc3ccc(C)cc3)n2)c1. The summed E-state index contributed by atoms with van der Waals surface area (Å²) in [6.45, 7) is 5.31. The highest BCUT2D eigenvalue weighted by molar-refractivity contribution is 7.09. The molecule has 1 heterocycles. The zero-order chi connectivity index (χ0) is 19.9. The Kier molecular flexibility index (Phi) is 6.90. The molecule has 148 valence electrons. The Balaban J connectivity index is 1.56. The molecule has 5 nitrogen and oxygen atoms in total. The molecule has 0 spiro atoms. The van der Waals surface area contributed by atoms with Gasteiger partial charge in [-0.25, -0.2) is 4.98 Å². The Morgan fingerprint density at radius 2 is 1.79 bits per heavy atom. The third-order valence-electron chi connectivity index (χ3n) is 4.48. The number of aryl methyl sites for hydroxylation is 1. The number of rotatable bonds is 9. The number of thiazole rings is 1. The van der Waals surface area contributed by atoms with E-state index in [0.717, 1.165) is 33.5 Å². The van der Waals surface area contributed by atoms with Gasteiger partial charge in [-0.1, -0.05) is 17.7 Å². The van der Waals surface area contributed by atoms with Crippen LogP contribution in [0.3, 0.4) is 0 Å². The Morgan fingerprint density at radius 1 is 1.04 bits per heavy atom. The summed E-state index contributed by atoms with van der Waals surface area (Å²) in [6, 6.07) is 14.0. The highest BCUT2D eigenvalue weighted by atomic mass is 32.1. The largest absolute Gasteiger partial charge is 0.497 e. The van der Waals surface area contributed by atoms with Crippen molar-refractivity contribution in [2.75, 3.05) is 14.2 Å². The number of ether oxygens (including phenoxy) is 3. The number of benzene rings is 2. The maximum atomic E-state index is 5.81. The van der Waals surface area contributed by atoms with Gasteiger partial charge in [-0.3, -0.25) is 0 Å². The predicted molar refractivity (Wildman–Crippen MR) is 112 cm³/mol. The standard InChI is InChI=1S/C22H26N2O3S/c1-15-5-7-18(8-6-15)27-13-22-24-17(14-28-22)12-23-16(2)20-11-19(25-3)9-10-21(20)26-4/h5-11,14,16,23H,12-13H2,1-4H3. The molecule has 1 aromatic heterocycles. The highest BCUT2D eigenvalue weighted by Gasteiger charge is 2.13. The summed E-state index contributed by atoms with van der Waals surface area (Å²) in [4.78, 5) is 4.66. The molecule has 0 fully saturated rings. The number of nitrogens with one attached hydrogen (secondary N) is 1. The van der Waals surface area contributed by atoms with Gasteiger partial charge in [-0.05, 0) is 44.2 Å². The molecule has 0 amide bonds. The van der Waals surface area contributed by atoms with Crippen LogP contribution in [0.4, 0.5) is 0 Å². The van der Waals surface area contributed by atoms with E-state index in [2.05, 4.69) is 29.5 Å². The smallest absolute Gasteiger partial charge is 0.140 e. The molecule has 0 aliphatic carbocycles. The molecule has 0 radical (unpaired) electrons. The van der Waals surface area contributed by atoms with Crippen LogP contribution in [0.2, 0.25) is 0 Å². The second kappa shape index (κ2) is 9.57. The fourth-order valence-electron chi connectivity index (χ4n) is 2.82. The van der Waals surface area contributed by atoms with Crippen LogP contribution in [0.1, 0.15) is 34.8 Å². The summed E-state index contributed by atoms with van der Waals surface area (Å²) in [6.07, 6.45) is 0. The molecule has 1 N–H and O–H groups in total. The zero-order valence-corrected chi connectivity index (χ0v) is 17.5. The van der Waals surface area contributed by atoms with Crippen LogP contribution < -0.4 is 19.5 Å². The normalized spacial score (nSPS) is 11.9. The Morgan fingerprint density at radius 3 is 2.50 bits per heavy atom. The van der Waals surface area contributed by atoms with Crippen molar-refractivity contribution >= 4 is 11.3 Å². The fourth-order valence-corrected chi connectivity index (χ4v) is 3.53. The van der Waals surface area contributed by atoms with Crippen LogP contribution in [-0.4, -0.2) is 19.2 Å². The molecule has 0 aliphatic heterocycles. The molecule has 1 unspecified atom stereocenters. The summed E-state index contributed by atoms with van der Waals surface area (Å²) in [5.41, 5.74) is 3.28. The van der Waals surface area contributed by atoms with Gasteiger partial charge in [0.05, 0.1) is 19.9 Å². The molecule has 0 bridgehead atoms. The lowest BCUT2D eigenvalue weighted by Gasteiger charge is -2.17. The Hall–Kier alpha value is -2.57. The molecule has 2 aromatic carbocycles. The maximum Gasteiger partial charge on any atom is 0.140 e. The number of hydrogen-bond acceptors (Lipinski definition) is 6. The van der Waals surface area contributed by atoms with Crippen LogP contribution >= 0.6 is 11.3 Å². The first kappa shape index (κ1) is 20.2. The van der Waals surface area contributed by atoms with Crippen molar-refractivity contribution in [1.82, 2.24) is 10.3 Å². The van der Waals surface area contributed by atoms with Gasteiger partial charge in [-0.2, -0.15) is 0 Å². The molecule has 0 saturated carbocycles. The summed E-state index contributed by atoms with van der Waals surface area (Å²) >= 11 is 1.61. The third-order valence-corrected chi connectivity index (χ3v) is 5.35. The number of nitrogens with zero attached hydrogens (tertiary/aromatic N) is 1. The van der Waals surface area contributed by atoms with Crippen LogP contribution in [0.25, 0.3) is 0 Å².